The average molecular weight is 114 g/mol. The van der Waals surface area contributed by atoms with Crippen LogP contribution in [0.3, 0.4) is 0 Å². The van der Waals surface area contributed by atoms with Gasteiger partial charge in [-0.15, -0.1) is 0 Å². The number of nitrogens with two attached hydrogens (primary N) is 1. The Morgan fingerprint density at radius 2 is 2.43 bits per heavy atom. The van der Waals surface area contributed by atoms with E-state index in [2.05, 4.69) is 0 Å². The largest absolute Gasteiger partial charge is 0.330 e. The Bertz CT molecular complexity index is 324. The Kier molecular flexibility index (Phi) is 0.586. The van der Waals surface area contributed by atoms with Gasteiger partial charge >= 0.3 is 0 Å². The lowest BCUT2D eigenvalue weighted by molar-refractivity contribution is 0.674. The van der Waals surface area contributed by atoms with Gasteiger partial charge in [-0.05, 0) is 12.9 Å². The molecule has 0 rings (SSSR count). The molecule has 0 aromatic rings. The summed E-state index contributed by atoms with van der Waals surface area (Å²) in [5.74, 6) is 0. The second-order valence-electron chi connectivity index (χ2n) is 0.644. The SMILES string of the molecule is [2H]C([2H])([2H])C([2H])([2H])C([2H])([2H])C([2H])([2H])C([2H])([2H])C([2H])([2H])N. The summed E-state index contributed by atoms with van der Waals surface area (Å²) in [6, 6.07) is 0. The van der Waals surface area contributed by atoms with Crippen molar-refractivity contribution in [2.75, 3.05) is 6.50 Å². The predicted molar refractivity (Wildman–Crippen MR) is 33.2 cm³/mol. The van der Waals surface area contributed by atoms with E-state index in [4.69, 9.17) is 23.6 Å². The lowest BCUT2D eigenvalue weighted by Gasteiger charge is -1.90. The summed E-state index contributed by atoms with van der Waals surface area (Å²) in [5, 5.41) is 0. The first-order valence-electron chi connectivity index (χ1n) is 8.04. The molecule has 0 saturated carbocycles. The van der Waals surface area contributed by atoms with Crippen molar-refractivity contribution in [3.8, 4) is 0 Å². The van der Waals surface area contributed by atoms with Gasteiger partial charge < -0.3 is 5.73 Å². The van der Waals surface area contributed by atoms with Crippen molar-refractivity contribution >= 4 is 0 Å². The van der Waals surface area contributed by atoms with E-state index in [1.54, 1.807) is 0 Å². The highest BCUT2D eigenvalue weighted by Crippen LogP contribution is 1.95. The van der Waals surface area contributed by atoms with E-state index in [9.17, 15) is 0 Å². The average Bonchev–Trinajstić information content (AvgIpc) is 2.12. The van der Waals surface area contributed by atoms with Crippen LogP contribution >= 0.6 is 0 Å². The third-order valence-electron chi connectivity index (χ3n) is 0.260. The first kappa shape index (κ1) is 0.688. The van der Waals surface area contributed by atoms with Crippen molar-refractivity contribution in [2.45, 2.75) is 32.3 Å². The van der Waals surface area contributed by atoms with E-state index in [-0.39, 0.29) is 0 Å². The van der Waals surface area contributed by atoms with Crippen molar-refractivity contribution in [1.82, 2.24) is 0 Å². The molecule has 0 saturated heterocycles. The number of hydrogen-bond acceptors (Lipinski definition) is 1. The van der Waals surface area contributed by atoms with E-state index in [1.807, 2.05) is 0 Å². The zero-order valence-corrected chi connectivity index (χ0v) is 3.58. The van der Waals surface area contributed by atoms with Crippen LogP contribution in [0.15, 0.2) is 0 Å². The Hall–Kier alpha value is -0.0400. The zero-order chi connectivity index (χ0) is 17.0. The minimum Gasteiger partial charge on any atom is -0.330 e. The van der Waals surface area contributed by atoms with Crippen LogP contribution in [-0.2, 0) is 0 Å². The van der Waals surface area contributed by atoms with Gasteiger partial charge in [0.15, 0.2) is 0 Å². The molecule has 0 spiro atoms. The molecule has 0 atom stereocenters. The van der Waals surface area contributed by atoms with Crippen molar-refractivity contribution in [3.63, 3.8) is 0 Å². The fourth-order valence-electron chi connectivity index (χ4n) is 0.0986. The minimum atomic E-state index is -3.87. The highest BCUT2D eigenvalue weighted by atomic mass is 14.5. The molecule has 0 bridgehead atoms. The van der Waals surface area contributed by atoms with E-state index in [1.165, 1.54) is 0 Å². The van der Waals surface area contributed by atoms with Crippen LogP contribution in [0.2, 0.25) is 0 Å². The summed E-state index contributed by atoms with van der Waals surface area (Å²) in [6.45, 7) is -6.93. The molecule has 0 fully saturated rings. The number of hydrogen-bond donors (Lipinski definition) is 1. The molecule has 0 heterocycles. The van der Waals surface area contributed by atoms with E-state index in [0.29, 0.717) is 0 Å². The third-order valence-corrected chi connectivity index (χ3v) is 0.260. The molecule has 7 heavy (non-hydrogen) atoms. The molecule has 44 valence electrons. The first-order chi connectivity index (χ1) is 8.25. The predicted octanol–water partition coefficient (Wildman–Crippen LogP) is 1.53. The van der Waals surface area contributed by atoms with E-state index in [0.717, 1.165) is 0 Å². The van der Waals surface area contributed by atoms with Crippen LogP contribution in [0.4, 0.5) is 0 Å². The highest BCUT2D eigenvalue weighted by Gasteiger charge is 1.80. The molecule has 0 aromatic carbocycles. The van der Waals surface area contributed by atoms with E-state index < -0.39 is 38.8 Å². The molecule has 0 aliphatic carbocycles. The minimum absolute atomic E-state index is 3.35. The van der Waals surface area contributed by atoms with Crippen molar-refractivity contribution < 1.29 is 17.8 Å². The molecule has 2 N–H and O–H groups in total. The molecule has 1 heteroatoms. The molecule has 0 amide bonds. The maximum Gasteiger partial charge on any atom is 0.0425 e. The lowest BCUT2D eigenvalue weighted by Crippen LogP contribution is -1.97. The van der Waals surface area contributed by atoms with Crippen molar-refractivity contribution in [2.24, 2.45) is 5.73 Å². The van der Waals surface area contributed by atoms with E-state index >= 15 is 0 Å². The fraction of sp³-hybridized carbons (Fsp3) is 1.00. The smallest absolute Gasteiger partial charge is 0.0425 e. The Labute approximate surface area is 64.2 Å². The van der Waals surface area contributed by atoms with Gasteiger partial charge in [0.1, 0.15) is 0 Å². The van der Waals surface area contributed by atoms with Crippen LogP contribution in [-0.4, -0.2) is 6.50 Å². The van der Waals surface area contributed by atoms with Gasteiger partial charge in [0, 0.05) is 17.8 Å². The Balaban J connectivity index is 6.08. The summed E-state index contributed by atoms with van der Waals surface area (Å²) in [5.41, 5.74) is 4.84. The second-order valence-corrected chi connectivity index (χ2v) is 0.644. The highest BCUT2D eigenvalue weighted by molar-refractivity contribution is 4.38. The fourth-order valence-corrected chi connectivity index (χ4v) is 0.0986. The number of rotatable bonds is 4. The maximum absolute atomic E-state index is 7.43. The van der Waals surface area contributed by atoms with Crippen LogP contribution in [0.1, 0.15) is 50.2 Å². The van der Waals surface area contributed by atoms with Crippen molar-refractivity contribution in [3.05, 3.63) is 0 Å². The maximum atomic E-state index is 7.43. The van der Waals surface area contributed by atoms with Gasteiger partial charge in [-0.3, -0.25) is 0 Å². The third kappa shape index (κ3) is 5.96. The van der Waals surface area contributed by atoms with Gasteiger partial charge in [-0.2, -0.15) is 0 Å². The molecule has 0 radical (unpaired) electrons. The Morgan fingerprint density at radius 3 is 3.00 bits per heavy atom. The molecule has 0 unspecified atom stereocenters. The normalized spacial score (nSPS) is 49.0. The lowest BCUT2D eigenvalue weighted by atomic mass is 10.2. The van der Waals surface area contributed by atoms with Crippen LogP contribution in [0, 0.1) is 0 Å². The van der Waals surface area contributed by atoms with Crippen molar-refractivity contribution in [1.29, 1.82) is 0 Å². The Morgan fingerprint density at radius 1 is 1.57 bits per heavy atom. The first-order valence-corrected chi connectivity index (χ1v) is 1.54. The van der Waals surface area contributed by atoms with Crippen LogP contribution in [0.5, 0.6) is 0 Å². The van der Waals surface area contributed by atoms with Gasteiger partial charge in [-0.25, -0.2) is 0 Å². The zero-order valence-electron chi connectivity index (χ0n) is 16.6. The molecule has 0 aromatic heterocycles. The monoisotopic (exact) mass is 114 g/mol. The van der Waals surface area contributed by atoms with Gasteiger partial charge in [-0.1, -0.05) is 26.0 Å². The van der Waals surface area contributed by atoms with Gasteiger partial charge in [0.25, 0.3) is 0 Å². The van der Waals surface area contributed by atoms with Crippen LogP contribution in [0.25, 0.3) is 0 Å². The second kappa shape index (κ2) is 5.96. The summed E-state index contributed by atoms with van der Waals surface area (Å²) in [7, 11) is 0. The summed E-state index contributed by atoms with van der Waals surface area (Å²) in [6.07, 6.45) is -15.2. The van der Waals surface area contributed by atoms with Crippen LogP contribution < -0.4 is 5.73 Å². The quantitative estimate of drug-likeness (QED) is 0.589. The molecule has 0 aliphatic rings. The summed E-state index contributed by atoms with van der Waals surface area (Å²) in [4.78, 5) is 0. The molecular formula is C6H15N. The summed E-state index contributed by atoms with van der Waals surface area (Å²) >= 11 is 0. The molecule has 1 nitrogen and oxygen atoms in total. The topological polar surface area (TPSA) is 26.0 Å². The standard InChI is InChI=1S/C6H15N/c1-2-3-4-5-6-7/h2-7H2,1H3/i1D3,2D2,3D2,4D2,5D2,6D2. The molecular weight excluding hydrogens is 86.1 g/mol. The van der Waals surface area contributed by atoms with Gasteiger partial charge in [0.05, 0.1) is 0 Å². The van der Waals surface area contributed by atoms with Gasteiger partial charge in [0.2, 0.25) is 0 Å². The molecule has 0 aliphatic heterocycles. The summed E-state index contributed by atoms with van der Waals surface area (Å²) < 4.78 is 93.8.